The van der Waals surface area contributed by atoms with Gasteiger partial charge in [-0.25, -0.2) is 4.98 Å². The van der Waals surface area contributed by atoms with E-state index >= 15 is 0 Å². The highest BCUT2D eigenvalue weighted by Gasteiger charge is 2.13. The van der Waals surface area contributed by atoms with E-state index in [9.17, 15) is 0 Å². The molecule has 0 aliphatic heterocycles. The smallest absolute Gasteiger partial charge is 0.205 e. The Kier molecular flexibility index (Phi) is 3.62. The molecule has 5 nitrogen and oxygen atoms in total. The van der Waals surface area contributed by atoms with Crippen LogP contribution in [0.5, 0.6) is 5.75 Å². The van der Waals surface area contributed by atoms with Crippen LogP contribution in [0.3, 0.4) is 0 Å². The van der Waals surface area contributed by atoms with Gasteiger partial charge in [-0.1, -0.05) is 23.5 Å². The van der Waals surface area contributed by atoms with Crippen LogP contribution in [0.4, 0.5) is 5.13 Å². The van der Waals surface area contributed by atoms with E-state index in [0.29, 0.717) is 0 Å². The molecular formula is C13H12N4OS2. The second kappa shape index (κ2) is 5.56. The molecule has 0 radical (unpaired) electrons. The molecule has 1 aromatic carbocycles. The van der Waals surface area contributed by atoms with Gasteiger partial charge in [-0.2, -0.15) is 0 Å². The summed E-state index contributed by atoms with van der Waals surface area (Å²) in [5, 5.41) is 13.8. The highest BCUT2D eigenvalue weighted by Crippen LogP contribution is 2.37. The van der Waals surface area contributed by atoms with Crippen LogP contribution in [0.1, 0.15) is 0 Å². The summed E-state index contributed by atoms with van der Waals surface area (Å²) in [6.07, 6.45) is 1.83. The minimum atomic E-state index is 0.798. The van der Waals surface area contributed by atoms with Gasteiger partial charge in [0.05, 0.1) is 17.6 Å². The first-order valence-corrected chi connectivity index (χ1v) is 7.56. The minimum absolute atomic E-state index is 0.798. The van der Waals surface area contributed by atoms with Crippen molar-refractivity contribution in [2.24, 2.45) is 0 Å². The van der Waals surface area contributed by atoms with Gasteiger partial charge in [-0.15, -0.1) is 21.5 Å². The molecule has 2 heterocycles. The monoisotopic (exact) mass is 304 g/mol. The normalized spacial score (nSPS) is 10.5. The van der Waals surface area contributed by atoms with Gasteiger partial charge in [0, 0.05) is 13.2 Å². The minimum Gasteiger partial charge on any atom is -0.496 e. The predicted octanol–water partition coefficient (Wildman–Crippen LogP) is 3.38. The van der Waals surface area contributed by atoms with Gasteiger partial charge < -0.3 is 10.1 Å². The third kappa shape index (κ3) is 2.37. The standard InChI is InChI=1S/C13H12N4OS2/c1-14-13-17-16-12(20-13)10-7-15-11(19-10)8-5-3-4-6-9(8)18-2/h3-7H,1-2H3,(H,14,17). The van der Waals surface area contributed by atoms with Crippen LogP contribution in [-0.2, 0) is 0 Å². The molecule has 1 N–H and O–H groups in total. The second-order valence-electron chi connectivity index (χ2n) is 3.89. The Morgan fingerprint density at radius 1 is 1.10 bits per heavy atom. The van der Waals surface area contributed by atoms with Crippen LogP contribution in [0.2, 0.25) is 0 Å². The summed E-state index contributed by atoms with van der Waals surface area (Å²) < 4.78 is 5.37. The molecule has 0 aliphatic rings. The van der Waals surface area contributed by atoms with E-state index in [1.165, 1.54) is 11.3 Å². The first-order valence-electron chi connectivity index (χ1n) is 5.92. The molecule has 0 amide bonds. The summed E-state index contributed by atoms with van der Waals surface area (Å²) in [6.45, 7) is 0. The molecule has 0 saturated carbocycles. The Bertz CT molecular complexity index is 722. The number of hydrogen-bond donors (Lipinski definition) is 1. The summed E-state index contributed by atoms with van der Waals surface area (Å²) in [5.74, 6) is 0.821. The van der Waals surface area contributed by atoms with Crippen LogP contribution in [0.25, 0.3) is 20.5 Å². The number of para-hydroxylation sites is 1. The van der Waals surface area contributed by atoms with E-state index in [4.69, 9.17) is 4.74 Å². The number of benzene rings is 1. The molecule has 0 atom stereocenters. The first-order chi connectivity index (χ1) is 9.81. The fourth-order valence-electron chi connectivity index (χ4n) is 1.74. The van der Waals surface area contributed by atoms with Crippen LogP contribution in [-0.4, -0.2) is 29.3 Å². The summed E-state index contributed by atoms with van der Waals surface area (Å²) in [6, 6.07) is 7.85. The zero-order chi connectivity index (χ0) is 13.9. The maximum Gasteiger partial charge on any atom is 0.205 e. The Balaban J connectivity index is 1.97. The van der Waals surface area contributed by atoms with Crippen molar-refractivity contribution in [3.8, 4) is 26.2 Å². The Labute approximate surface area is 124 Å². The van der Waals surface area contributed by atoms with E-state index in [0.717, 1.165) is 31.3 Å². The highest BCUT2D eigenvalue weighted by molar-refractivity contribution is 7.24. The molecule has 2 aromatic heterocycles. The van der Waals surface area contributed by atoms with Gasteiger partial charge in [0.1, 0.15) is 10.8 Å². The molecule has 3 rings (SSSR count). The lowest BCUT2D eigenvalue weighted by atomic mass is 10.2. The highest BCUT2D eigenvalue weighted by atomic mass is 32.1. The topological polar surface area (TPSA) is 59.9 Å². The largest absolute Gasteiger partial charge is 0.496 e. The first kappa shape index (κ1) is 13.0. The number of methoxy groups -OCH3 is 1. The van der Waals surface area contributed by atoms with Crippen molar-refractivity contribution in [3.63, 3.8) is 0 Å². The van der Waals surface area contributed by atoms with Gasteiger partial charge in [0.25, 0.3) is 0 Å². The molecule has 3 aromatic rings. The summed E-state index contributed by atoms with van der Waals surface area (Å²) in [5.41, 5.74) is 0.990. The molecule has 0 spiro atoms. The molecule has 0 fully saturated rings. The van der Waals surface area contributed by atoms with E-state index in [1.54, 1.807) is 18.4 Å². The summed E-state index contributed by atoms with van der Waals surface area (Å²) in [4.78, 5) is 5.47. The maximum atomic E-state index is 5.37. The summed E-state index contributed by atoms with van der Waals surface area (Å²) >= 11 is 3.09. The lowest BCUT2D eigenvalue weighted by Crippen LogP contribution is -1.85. The van der Waals surface area contributed by atoms with Crippen molar-refractivity contribution in [3.05, 3.63) is 30.5 Å². The zero-order valence-corrected chi connectivity index (χ0v) is 12.6. The van der Waals surface area contributed by atoms with E-state index < -0.39 is 0 Å². The number of anilines is 1. The van der Waals surface area contributed by atoms with Gasteiger partial charge >= 0.3 is 0 Å². The molecular weight excluding hydrogens is 292 g/mol. The molecule has 7 heteroatoms. The Morgan fingerprint density at radius 3 is 2.70 bits per heavy atom. The van der Waals surface area contributed by atoms with Crippen LogP contribution >= 0.6 is 22.7 Å². The fourth-order valence-corrected chi connectivity index (χ4v) is 3.42. The number of aromatic nitrogens is 3. The van der Waals surface area contributed by atoms with Crippen molar-refractivity contribution in [1.82, 2.24) is 15.2 Å². The molecule has 102 valence electrons. The van der Waals surface area contributed by atoms with Crippen molar-refractivity contribution in [1.29, 1.82) is 0 Å². The summed E-state index contributed by atoms with van der Waals surface area (Å²) in [7, 11) is 3.49. The average Bonchev–Trinajstić information content (AvgIpc) is 3.15. The maximum absolute atomic E-state index is 5.37. The Hall–Kier alpha value is -1.99. The number of ether oxygens (including phenoxy) is 1. The van der Waals surface area contributed by atoms with Crippen LogP contribution in [0, 0.1) is 0 Å². The van der Waals surface area contributed by atoms with Crippen molar-refractivity contribution >= 4 is 27.8 Å². The second-order valence-corrected chi connectivity index (χ2v) is 5.90. The quantitative estimate of drug-likeness (QED) is 0.800. The third-order valence-corrected chi connectivity index (χ3v) is 4.83. The predicted molar refractivity (Wildman–Crippen MR) is 82.6 cm³/mol. The Morgan fingerprint density at radius 2 is 1.95 bits per heavy atom. The number of nitrogens with zero attached hydrogens (tertiary/aromatic N) is 3. The molecule has 0 saturated heterocycles. The molecule has 0 aliphatic carbocycles. The molecule has 20 heavy (non-hydrogen) atoms. The number of hydrogen-bond acceptors (Lipinski definition) is 7. The van der Waals surface area contributed by atoms with Crippen LogP contribution in [0.15, 0.2) is 30.5 Å². The van der Waals surface area contributed by atoms with Gasteiger partial charge in [-0.3, -0.25) is 0 Å². The van der Waals surface area contributed by atoms with Gasteiger partial charge in [0.15, 0.2) is 5.01 Å². The lowest BCUT2D eigenvalue weighted by Gasteiger charge is -2.04. The van der Waals surface area contributed by atoms with Gasteiger partial charge in [0.2, 0.25) is 5.13 Å². The van der Waals surface area contributed by atoms with E-state index in [1.807, 2.05) is 37.5 Å². The van der Waals surface area contributed by atoms with Crippen molar-refractivity contribution in [2.75, 3.05) is 19.5 Å². The van der Waals surface area contributed by atoms with Crippen LogP contribution < -0.4 is 10.1 Å². The number of rotatable bonds is 4. The number of nitrogens with one attached hydrogen (secondary N) is 1. The van der Waals surface area contributed by atoms with E-state index in [2.05, 4.69) is 20.5 Å². The fraction of sp³-hybridized carbons (Fsp3) is 0.154. The third-order valence-electron chi connectivity index (χ3n) is 2.69. The number of thiazole rings is 1. The van der Waals surface area contributed by atoms with Gasteiger partial charge in [-0.05, 0) is 12.1 Å². The van der Waals surface area contributed by atoms with E-state index in [-0.39, 0.29) is 0 Å². The molecule has 0 bridgehead atoms. The molecule has 0 unspecified atom stereocenters. The zero-order valence-electron chi connectivity index (χ0n) is 11.0. The van der Waals surface area contributed by atoms with Crippen molar-refractivity contribution in [2.45, 2.75) is 0 Å². The lowest BCUT2D eigenvalue weighted by molar-refractivity contribution is 0.416. The SMILES string of the molecule is CNc1nnc(-c2cnc(-c3ccccc3OC)s2)s1. The average molecular weight is 304 g/mol. The van der Waals surface area contributed by atoms with Crippen molar-refractivity contribution < 1.29 is 4.74 Å².